The van der Waals surface area contributed by atoms with Crippen LogP contribution in [-0.2, 0) is 7.05 Å². The summed E-state index contributed by atoms with van der Waals surface area (Å²) in [7, 11) is 1.93. The first-order valence-electron chi connectivity index (χ1n) is 6.39. The third-order valence-electron chi connectivity index (χ3n) is 3.18. The lowest BCUT2D eigenvalue weighted by Gasteiger charge is -2.01. The van der Waals surface area contributed by atoms with Gasteiger partial charge in [-0.2, -0.15) is 0 Å². The van der Waals surface area contributed by atoms with Gasteiger partial charge in [-0.15, -0.1) is 0 Å². The zero-order valence-corrected chi connectivity index (χ0v) is 12.1. The molecule has 1 heterocycles. The average Bonchev–Trinajstić information content (AvgIpc) is 2.84. The standard InChI is InChI=1S/C16H12F2N2S/c1-20-15(11-2-4-12(17)5-3-11)10-21-16(20)19-14-8-6-13(18)7-9-14/h2-10H,1H3/p+1. The van der Waals surface area contributed by atoms with Crippen LogP contribution in [0.1, 0.15) is 0 Å². The summed E-state index contributed by atoms with van der Waals surface area (Å²) < 4.78 is 27.9. The van der Waals surface area contributed by atoms with Gasteiger partial charge in [0.2, 0.25) is 0 Å². The topological polar surface area (TPSA) is 15.9 Å². The van der Waals surface area contributed by atoms with E-state index in [4.69, 9.17) is 0 Å². The molecule has 0 aliphatic rings. The minimum atomic E-state index is -0.261. The SMILES string of the molecule is C[n+]1c(-c2ccc(F)cc2)csc1Nc1ccc(F)cc1. The average molecular weight is 303 g/mol. The third-order valence-corrected chi connectivity index (χ3v) is 4.12. The minimum absolute atomic E-state index is 0.249. The highest BCUT2D eigenvalue weighted by molar-refractivity contribution is 7.13. The van der Waals surface area contributed by atoms with E-state index in [0.29, 0.717) is 0 Å². The molecule has 0 saturated carbocycles. The van der Waals surface area contributed by atoms with Gasteiger partial charge in [0, 0.05) is 10.9 Å². The maximum atomic E-state index is 13.0. The lowest BCUT2D eigenvalue weighted by Crippen LogP contribution is -2.30. The lowest BCUT2D eigenvalue weighted by atomic mass is 10.2. The van der Waals surface area contributed by atoms with Gasteiger partial charge >= 0.3 is 5.13 Å². The zero-order chi connectivity index (χ0) is 14.8. The first kappa shape index (κ1) is 13.7. The van der Waals surface area contributed by atoms with Crippen molar-refractivity contribution in [3.63, 3.8) is 0 Å². The Morgan fingerprint density at radius 3 is 2.10 bits per heavy atom. The number of hydrogen-bond acceptors (Lipinski definition) is 2. The van der Waals surface area contributed by atoms with Crippen LogP contribution >= 0.6 is 11.3 Å². The van der Waals surface area contributed by atoms with E-state index in [0.717, 1.165) is 22.1 Å². The highest BCUT2D eigenvalue weighted by atomic mass is 32.1. The number of nitrogens with zero attached hydrogens (tertiary/aromatic N) is 1. The number of benzene rings is 2. The Morgan fingerprint density at radius 2 is 1.48 bits per heavy atom. The molecule has 1 aromatic heterocycles. The molecule has 0 aliphatic carbocycles. The number of rotatable bonds is 3. The van der Waals surface area contributed by atoms with Crippen LogP contribution in [0.3, 0.4) is 0 Å². The fraction of sp³-hybridized carbons (Fsp3) is 0.0625. The van der Waals surface area contributed by atoms with Crippen molar-refractivity contribution in [1.82, 2.24) is 0 Å². The van der Waals surface area contributed by atoms with E-state index in [2.05, 4.69) is 5.32 Å². The molecule has 0 spiro atoms. The Bertz CT molecular complexity index is 749. The van der Waals surface area contributed by atoms with Gasteiger partial charge in [0.1, 0.15) is 23.0 Å². The normalized spacial score (nSPS) is 10.6. The molecule has 5 heteroatoms. The number of anilines is 2. The van der Waals surface area contributed by atoms with E-state index >= 15 is 0 Å². The Labute approximate surface area is 125 Å². The van der Waals surface area contributed by atoms with Crippen LogP contribution < -0.4 is 9.88 Å². The molecule has 0 radical (unpaired) electrons. The summed E-state index contributed by atoms with van der Waals surface area (Å²) in [4.78, 5) is 0. The second-order valence-corrected chi connectivity index (χ2v) is 5.48. The van der Waals surface area contributed by atoms with Crippen LogP contribution in [-0.4, -0.2) is 0 Å². The quantitative estimate of drug-likeness (QED) is 0.715. The number of nitrogens with one attached hydrogen (secondary N) is 1. The van der Waals surface area contributed by atoms with Crippen LogP contribution in [0.25, 0.3) is 11.3 Å². The molecule has 0 amide bonds. The summed E-state index contributed by atoms with van der Waals surface area (Å²) in [5.41, 5.74) is 2.76. The molecule has 0 unspecified atom stereocenters. The molecule has 2 aromatic carbocycles. The van der Waals surface area contributed by atoms with Gasteiger partial charge in [0.05, 0.1) is 7.05 Å². The number of halogens is 2. The molecule has 21 heavy (non-hydrogen) atoms. The lowest BCUT2D eigenvalue weighted by molar-refractivity contribution is -0.641. The van der Waals surface area contributed by atoms with Gasteiger partial charge in [-0.05, 0) is 48.5 Å². The largest absolute Gasteiger partial charge is 0.339 e. The first-order valence-corrected chi connectivity index (χ1v) is 7.27. The fourth-order valence-electron chi connectivity index (χ4n) is 2.03. The van der Waals surface area contributed by atoms with Crippen molar-refractivity contribution in [1.29, 1.82) is 0 Å². The molecule has 0 atom stereocenters. The van der Waals surface area contributed by atoms with E-state index in [-0.39, 0.29) is 11.6 Å². The van der Waals surface area contributed by atoms with Crippen LogP contribution in [0.15, 0.2) is 53.9 Å². The van der Waals surface area contributed by atoms with E-state index < -0.39 is 0 Å². The second-order valence-electron chi connectivity index (χ2n) is 4.62. The van der Waals surface area contributed by atoms with Crippen LogP contribution in [0.5, 0.6) is 0 Å². The Balaban J connectivity index is 1.88. The van der Waals surface area contributed by atoms with Crippen molar-refractivity contribution in [2.45, 2.75) is 0 Å². The monoisotopic (exact) mass is 303 g/mol. The Morgan fingerprint density at radius 1 is 0.905 bits per heavy atom. The maximum Gasteiger partial charge on any atom is 0.339 e. The van der Waals surface area contributed by atoms with Crippen molar-refractivity contribution >= 4 is 22.2 Å². The predicted octanol–water partition coefficient (Wildman–Crippen LogP) is 4.26. The maximum absolute atomic E-state index is 13.0. The Hall–Kier alpha value is -2.27. The van der Waals surface area contributed by atoms with Crippen LogP contribution in [0.4, 0.5) is 19.6 Å². The van der Waals surface area contributed by atoms with Gasteiger partial charge in [-0.1, -0.05) is 11.3 Å². The van der Waals surface area contributed by atoms with Crippen molar-refractivity contribution in [2.75, 3.05) is 5.32 Å². The van der Waals surface area contributed by atoms with Gasteiger partial charge < -0.3 is 0 Å². The number of hydrogen-bond donors (Lipinski definition) is 1. The zero-order valence-electron chi connectivity index (χ0n) is 11.3. The summed E-state index contributed by atoms with van der Waals surface area (Å²) in [6.07, 6.45) is 0. The highest BCUT2D eigenvalue weighted by Crippen LogP contribution is 2.25. The molecule has 106 valence electrons. The van der Waals surface area contributed by atoms with Gasteiger partial charge in [-0.3, -0.25) is 0 Å². The van der Waals surface area contributed by atoms with Crippen molar-refractivity contribution in [3.05, 3.63) is 65.5 Å². The predicted molar refractivity (Wildman–Crippen MR) is 80.6 cm³/mol. The van der Waals surface area contributed by atoms with E-state index in [1.807, 2.05) is 17.0 Å². The van der Waals surface area contributed by atoms with E-state index in [1.165, 1.54) is 35.6 Å². The van der Waals surface area contributed by atoms with Gasteiger partial charge in [0.15, 0.2) is 0 Å². The summed E-state index contributed by atoms with van der Waals surface area (Å²) in [6.45, 7) is 0. The molecule has 3 aromatic rings. The van der Waals surface area contributed by atoms with Crippen LogP contribution in [0, 0.1) is 11.6 Å². The van der Waals surface area contributed by atoms with E-state index in [9.17, 15) is 8.78 Å². The molecule has 0 saturated heterocycles. The molecular formula is C16H13F2N2S+. The number of aromatic nitrogens is 1. The highest BCUT2D eigenvalue weighted by Gasteiger charge is 2.16. The van der Waals surface area contributed by atoms with Crippen molar-refractivity contribution < 1.29 is 13.3 Å². The van der Waals surface area contributed by atoms with Crippen molar-refractivity contribution in [2.24, 2.45) is 7.05 Å². The second kappa shape index (κ2) is 5.61. The molecule has 0 fully saturated rings. The molecular weight excluding hydrogens is 290 g/mol. The minimum Gasteiger partial charge on any atom is -0.231 e. The van der Waals surface area contributed by atoms with Crippen LogP contribution in [0.2, 0.25) is 0 Å². The molecule has 3 rings (SSSR count). The molecule has 0 bridgehead atoms. The molecule has 0 aliphatic heterocycles. The molecule has 2 nitrogen and oxygen atoms in total. The summed E-state index contributed by atoms with van der Waals surface area (Å²) in [5.74, 6) is -0.510. The smallest absolute Gasteiger partial charge is 0.231 e. The summed E-state index contributed by atoms with van der Waals surface area (Å²) >= 11 is 1.54. The Kier molecular flexibility index (Phi) is 3.66. The third kappa shape index (κ3) is 2.92. The van der Waals surface area contributed by atoms with E-state index in [1.54, 1.807) is 24.3 Å². The molecule has 1 N–H and O–H groups in total. The fourth-order valence-corrected chi connectivity index (χ4v) is 2.98. The van der Waals surface area contributed by atoms with Crippen molar-refractivity contribution in [3.8, 4) is 11.3 Å². The first-order chi connectivity index (χ1) is 10.1. The summed E-state index contributed by atoms with van der Waals surface area (Å²) in [6, 6.07) is 12.6. The summed E-state index contributed by atoms with van der Waals surface area (Å²) in [5, 5.41) is 6.16. The number of thiazole rings is 1. The van der Waals surface area contributed by atoms with Gasteiger partial charge in [-0.25, -0.2) is 18.7 Å². The van der Waals surface area contributed by atoms with Gasteiger partial charge in [0.25, 0.3) is 0 Å².